The Labute approximate surface area is 126 Å². The predicted octanol–water partition coefficient (Wildman–Crippen LogP) is 5.38. The van der Waals surface area contributed by atoms with Crippen molar-refractivity contribution >= 4 is 45.9 Å². The van der Waals surface area contributed by atoms with E-state index in [1.807, 2.05) is 6.07 Å². The molecule has 2 aromatic rings. The number of nitrogens with one attached hydrogen (secondary N) is 1. The Bertz CT molecular complexity index is 519. The molecule has 2 heterocycles. The van der Waals surface area contributed by atoms with Crippen molar-refractivity contribution in [2.45, 2.75) is 26.3 Å². The van der Waals surface area contributed by atoms with Gasteiger partial charge in [-0.2, -0.15) is 0 Å². The summed E-state index contributed by atoms with van der Waals surface area (Å²) in [7, 11) is 0. The Hall–Kier alpha value is -0.0600. The van der Waals surface area contributed by atoms with Crippen LogP contribution in [0.1, 0.15) is 35.9 Å². The van der Waals surface area contributed by atoms with Crippen molar-refractivity contribution in [3.05, 3.63) is 42.2 Å². The third-order valence-electron chi connectivity index (χ3n) is 2.83. The fraction of sp³-hybridized carbons (Fsp3) is 0.385. The molecule has 1 nitrogen and oxygen atoms in total. The van der Waals surface area contributed by atoms with Crippen LogP contribution in [-0.2, 0) is 6.42 Å². The lowest BCUT2D eigenvalue weighted by Gasteiger charge is -2.17. The molecule has 0 aromatic carbocycles. The van der Waals surface area contributed by atoms with E-state index in [0.29, 0.717) is 0 Å². The lowest BCUT2D eigenvalue weighted by Crippen LogP contribution is -2.21. The van der Waals surface area contributed by atoms with Gasteiger partial charge in [-0.3, -0.25) is 0 Å². The standard InChI is InChI=1S/C13H15Cl2NS2/c1-3-8-5-6-17-12(8)11(16-4-2)9-7-10(14)18-13(9)15/h5-7,11,16H,3-4H2,1-2H3. The van der Waals surface area contributed by atoms with E-state index in [4.69, 9.17) is 23.2 Å². The molecule has 0 fully saturated rings. The fourth-order valence-corrected chi connectivity index (χ4v) is 4.61. The zero-order valence-corrected chi connectivity index (χ0v) is 13.4. The van der Waals surface area contributed by atoms with Crippen LogP contribution in [0.3, 0.4) is 0 Å². The van der Waals surface area contributed by atoms with Crippen molar-refractivity contribution in [1.82, 2.24) is 5.32 Å². The Morgan fingerprint density at radius 2 is 2.11 bits per heavy atom. The smallest absolute Gasteiger partial charge is 0.0995 e. The molecule has 0 radical (unpaired) electrons. The summed E-state index contributed by atoms with van der Waals surface area (Å²) in [6.45, 7) is 5.18. The first kappa shape index (κ1) is 14.4. The van der Waals surface area contributed by atoms with Crippen LogP contribution in [0.2, 0.25) is 8.67 Å². The summed E-state index contributed by atoms with van der Waals surface area (Å²) >= 11 is 15.5. The monoisotopic (exact) mass is 319 g/mol. The highest BCUT2D eigenvalue weighted by atomic mass is 35.5. The second-order valence-electron chi connectivity index (χ2n) is 3.93. The van der Waals surface area contributed by atoms with Gasteiger partial charge in [0, 0.05) is 10.4 Å². The average Bonchev–Trinajstić information content (AvgIpc) is 2.92. The van der Waals surface area contributed by atoms with Gasteiger partial charge in [-0.25, -0.2) is 0 Å². The molecule has 0 aliphatic rings. The van der Waals surface area contributed by atoms with Crippen LogP contribution in [0.15, 0.2) is 17.5 Å². The molecule has 0 bridgehead atoms. The first-order valence-electron chi connectivity index (χ1n) is 5.91. The van der Waals surface area contributed by atoms with Crippen LogP contribution in [0.25, 0.3) is 0 Å². The predicted molar refractivity (Wildman–Crippen MR) is 83.6 cm³/mol. The summed E-state index contributed by atoms with van der Waals surface area (Å²) in [6, 6.07) is 4.31. The summed E-state index contributed by atoms with van der Waals surface area (Å²) in [5.74, 6) is 0. The first-order valence-corrected chi connectivity index (χ1v) is 8.36. The lowest BCUT2D eigenvalue weighted by molar-refractivity contribution is 0.637. The molecule has 18 heavy (non-hydrogen) atoms. The molecule has 0 aliphatic carbocycles. The second kappa shape index (κ2) is 6.40. The Balaban J connectivity index is 2.42. The highest BCUT2D eigenvalue weighted by Crippen LogP contribution is 2.39. The van der Waals surface area contributed by atoms with Crippen molar-refractivity contribution in [2.75, 3.05) is 6.54 Å². The number of thiophene rings is 2. The molecular weight excluding hydrogens is 305 g/mol. The molecule has 5 heteroatoms. The molecule has 2 aromatic heterocycles. The SMILES string of the molecule is CCNC(c1cc(Cl)sc1Cl)c1sccc1CC. The van der Waals surface area contributed by atoms with Gasteiger partial charge in [0.2, 0.25) is 0 Å². The van der Waals surface area contributed by atoms with Gasteiger partial charge >= 0.3 is 0 Å². The van der Waals surface area contributed by atoms with E-state index in [9.17, 15) is 0 Å². The van der Waals surface area contributed by atoms with Gasteiger partial charge in [-0.15, -0.1) is 22.7 Å². The van der Waals surface area contributed by atoms with Crippen molar-refractivity contribution in [1.29, 1.82) is 0 Å². The summed E-state index contributed by atoms with van der Waals surface area (Å²) in [4.78, 5) is 1.34. The Morgan fingerprint density at radius 1 is 1.33 bits per heavy atom. The van der Waals surface area contributed by atoms with E-state index in [0.717, 1.165) is 27.2 Å². The van der Waals surface area contributed by atoms with Crippen molar-refractivity contribution in [2.24, 2.45) is 0 Å². The zero-order chi connectivity index (χ0) is 13.1. The third kappa shape index (κ3) is 2.91. The van der Waals surface area contributed by atoms with Gasteiger partial charge < -0.3 is 5.32 Å². The molecule has 1 atom stereocenters. The van der Waals surface area contributed by atoms with E-state index >= 15 is 0 Å². The fourth-order valence-electron chi connectivity index (χ4n) is 1.99. The largest absolute Gasteiger partial charge is 0.306 e. The van der Waals surface area contributed by atoms with E-state index in [1.54, 1.807) is 11.3 Å². The van der Waals surface area contributed by atoms with Gasteiger partial charge in [-0.05, 0) is 36.0 Å². The summed E-state index contributed by atoms with van der Waals surface area (Å²) in [6.07, 6.45) is 1.04. The van der Waals surface area contributed by atoms with Crippen LogP contribution >= 0.6 is 45.9 Å². The van der Waals surface area contributed by atoms with Crippen LogP contribution < -0.4 is 5.32 Å². The number of rotatable bonds is 5. The van der Waals surface area contributed by atoms with Crippen LogP contribution in [0, 0.1) is 0 Å². The quantitative estimate of drug-likeness (QED) is 0.780. The van der Waals surface area contributed by atoms with Crippen molar-refractivity contribution < 1.29 is 0 Å². The minimum Gasteiger partial charge on any atom is -0.306 e. The average molecular weight is 320 g/mol. The maximum Gasteiger partial charge on any atom is 0.0995 e. The molecule has 2 rings (SSSR count). The molecular formula is C13H15Cl2NS2. The normalized spacial score (nSPS) is 12.9. The van der Waals surface area contributed by atoms with Crippen LogP contribution in [0.4, 0.5) is 0 Å². The van der Waals surface area contributed by atoms with Crippen molar-refractivity contribution in [3.8, 4) is 0 Å². The molecule has 98 valence electrons. The topological polar surface area (TPSA) is 12.0 Å². The van der Waals surface area contributed by atoms with Gasteiger partial charge in [0.05, 0.1) is 14.7 Å². The third-order valence-corrected chi connectivity index (χ3v) is 5.37. The van der Waals surface area contributed by atoms with Gasteiger partial charge in [-0.1, -0.05) is 37.0 Å². The summed E-state index contributed by atoms with van der Waals surface area (Å²) < 4.78 is 1.52. The highest BCUT2D eigenvalue weighted by molar-refractivity contribution is 7.20. The Morgan fingerprint density at radius 3 is 2.67 bits per heavy atom. The second-order valence-corrected chi connectivity index (χ2v) is 7.17. The highest BCUT2D eigenvalue weighted by Gasteiger charge is 2.21. The van der Waals surface area contributed by atoms with Crippen LogP contribution in [0.5, 0.6) is 0 Å². The number of hydrogen-bond donors (Lipinski definition) is 1. The molecule has 1 N–H and O–H groups in total. The summed E-state index contributed by atoms with van der Waals surface area (Å²) in [5, 5.41) is 5.64. The van der Waals surface area contributed by atoms with Gasteiger partial charge in [0.1, 0.15) is 0 Å². The molecule has 0 saturated carbocycles. The lowest BCUT2D eigenvalue weighted by atomic mass is 10.0. The Kier molecular flexibility index (Phi) is 5.10. The van der Waals surface area contributed by atoms with E-state index in [-0.39, 0.29) is 6.04 Å². The summed E-state index contributed by atoms with van der Waals surface area (Å²) in [5.41, 5.74) is 2.47. The van der Waals surface area contributed by atoms with E-state index < -0.39 is 0 Å². The maximum absolute atomic E-state index is 6.29. The molecule has 0 spiro atoms. The maximum atomic E-state index is 6.29. The van der Waals surface area contributed by atoms with Gasteiger partial charge in [0.25, 0.3) is 0 Å². The van der Waals surface area contributed by atoms with Crippen LogP contribution in [-0.4, -0.2) is 6.54 Å². The van der Waals surface area contributed by atoms with Gasteiger partial charge in [0.15, 0.2) is 0 Å². The molecule has 0 amide bonds. The zero-order valence-electron chi connectivity index (χ0n) is 10.3. The van der Waals surface area contributed by atoms with E-state index in [1.165, 1.54) is 21.8 Å². The number of halogens is 2. The molecule has 0 aliphatic heterocycles. The minimum absolute atomic E-state index is 0.154. The number of hydrogen-bond acceptors (Lipinski definition) is 3. The minimum atomic E-state index is 0.154. The number of aryl methyl sites for hydroxylation is 1. The van der Waals surface area contributed by atoms with E-state index in [2.05, 4.69) is 30.6 Å². The first-order chi connectivity index (χ1) is 8.67. The molecule has 0 saturated heterocycles. The molecule has 1 unspecified atom stereocenters. The van der Waals surface area contributed by atoms with Crippen molar-refractivity contribution in [3.63, 3.8) is 0 Å².